The first kappa shape index (κ1) is 19.2. The molecule has 0 aliphatic carbocycles. The fourth-order valence-corrected chi connectivity index (χ4v) is 3.69. The number of amides is 1. The van der Waals surface area contributed by atoms with Crippen molar-refractivity contribution in [3.05, 3.63) is 65.1 Å². The fraction of sp³-hybridized carbons (Fsp3) is 0.273. The topological polar surface area (TPSA) is 41.9 Å². The van der Waals surface area contributed by atoms with Crippen LogP contribution in [0, 0.1) is 0 Å². The average molecular weight is 381 g/mol. The highest BCUT2D eigenvalue weighted by molar-refractivity contribution is 8.18. The highest BCUT2D eigenvalue weighted by Crippen LogP contribution is 2.34. The minimum Gasteiger partial charge on any atom is -0.494 e. The van der Waals surface area contributed by atoms with E-state index in [1.54, 1.807) is 4.90 Å². The van der Waals surface area contributed by atoms with E-state index in [1.165, 1.54) is 11.8 Å². The van der Waals surface area contributed by atoms with Crippen LogP contribution in [0.3, 0.4) is 0 Å². The van der Waals surface area contributed by atoms with Crippen LogP contribution in [0.5, 0.6) is 5.75 Å². The molecule has 1 heterocycles. The lowest BCUT2D eigenvalue weighted by molar-refractivity contribution is -0.122. The van der Waals surface area contributed by atoms with Crippen molar-refractivity contribution in [2.45, 2.75) is 26.7 Å². The van der Waals surface area contributed by atoms with E-state index in [4.69, 9.17) is 4.74 Å². The molecule has 1 aliphatic heterocycles. The summed E-state index contributed by atoms with van der Waals surface area (Å²) in [6.45, 7) is 5.43. The van der Waals surface area contributed by atoms with Crippen LogP contribution in [0.1, 0.15) is 32.3 Å². The molecule has 2 aromatic carbocycles. The molecule has 0 unspecified atom stereocenters. The van der Waals surface area contributed by atoms with Gasteiger partial charge in [0.05, 0.1) is 17.2 Å². The lowest BCUT2D eigenvalue weighted by atomic mass is 10.2. The molecule has 1 fully saturated rings. The number of para-hydroxylation sites is 1. The van der Waals surface area contributed by atoms with Crippen LogP contribution in [-0.2, 0) is 4.79 Å². The highest BCUT2D eigenvalue weighted by atomic mass is 32.2. The molecular formula is C22H24N2O2S. The Bertz CT molecular complexity index is 829. The number of unbranched alkanes of at least 4 members (excludes halogenated alkanes) is 1. The molecule has 0 bridgehead atoms. The number of nitrogens with zero attached hydrogens (tertiary/aromatic N) is 2. The van der Waals surface area contributed by atoms with Crippen molar-refractivity contribution < 1.29 is 9.53 Å². The molecule has 4 nitrogen and oxygen atoms in total. The first-order chi connectivity index (χ1) is 13.2. The standard InChI is InChI=1S/C22H24N2O2S/c1-3-5-15-26-19-13-11-17(12-14-19)16-20-21(25)24(4-2)22(27-20)23-18-9-7-6-8-10-18/h6-14,16H,3-5,15H2,1-2H3/b20-16+,23-22?. The molecular weight excluding hydrogens is 356 g/mol. The Morgan fingerprint density at radius 2 is 1.81 bits per heavy atom. The van der Waals surface area contributed by atoms with Crippen molar-refractivity contribution >= 4 is 34.6 Å². The Morgan fingerprint density at radius 1 is 1.07 bits per heavy atom. The average Bonchev–Trinajstić information content (AvgIpc) is 2.98. The Morgan fingerprint density at radius 3 is 2.48 bits per heavy atom. The number of carbonyl (C=O) groups excluding carboxylic acids is 1. The van der Waals surface area contributed by atoms with E-state index in [0.29, 0.717) is 11.4 Å². The molecule has 5 heteroatoms. The molecule has 2 aromatic rings. The van der Waals surface area contributed by atoms with E-state index in [1.807, 2.05) is 67.6 Å². The summed E-state index contributed by atoms with van der Waals surface area (Å²) < 4.78 is 5.69. The molecule has 0 aromatic heterocycles. The monoisotopic (exact) mass is 380 g/mol. The maximum Gasteiger partial charge on any atom is 0.266 e. The van der Waals surface area contributed by atoms with Crippen molar-refractivity contribution in [3.63, 3.8) is 0 Å². The molecule has 0 radical (unpaired) electrons. The molecule has 0 spiro atoms. The van der Waals surface area contributed by atoms with Gasteiger partial charge in [0.15, 0.2) is 5.17 Å². The van der Waals surface area contributed by atoms with Gasteiger partial charge >= 0.3 is 0 Å². The quantitative estimate of drug-likeness (QED) is 0.471. The SMILES string of the molecule is CCCCOc1ccc(/C=C2/SC(=Nc3ccccc3)N(CC)C2=O)cc1. The zero-order valence-corrected chi connectivity index (χ0v) is 16.5. The first-order valence-corrected chi connectivity index (χ1v) is 10.1. The summed E-state index contributed by atoms with van der Waals surface area (Å²) in [5.41, 5.74) is 1.83. The number of hydrogen-bond donors (Lipinski definition) is 0. The van der Waals surface area contributed by atoms with Gasteiger partial charge in [-0.15, -0.1) is 0 Å². The Balaban J connectivity index is 1.76. The van der Waals surface area contributed by atoms with Crippen molar-refractivity contribution in [3.8, 4) is 5.75 Å². The molecule has 0 saturated carbocycles. The molecule has 0 N–H and O–H groups in total. The number of amidine groups is 1. The van der Waals surface area contributed by atoms with Gasteiger partial charge in [-0.3, -0.25) is 9.69 Å². The predicted octanol–water partition coefficient (Wildman–Crippen LogP) is 5.49. The number of ether oxygens (including phenoxy) is 1. The van der Waals surface area contributed by atoms with Gasteiger partial charge in [-0.1, -0.05) is 43.7 Å². The van der Waals surface area contributed by atoms with Crippen molar-refractivity contribution in [1.82, 2.24) is 4.90 Å². The van der Waals surface area contributed by atoms with Gasteiger partial charge in [-0.2, -0.15) is 0 Å². The summed E-state index contributed by atoms with van der Waals surface area (Å²) in [7, 11) is 0. The maximum atomic E-state index is 12.7. The van der Waals surface area contributed by atoms with Gasteiger partial charge in [0.2, 0.25) is 0 Å². The van der Waals surface area contributed by atoms with Gasteiger partial charge in [-0.25, -0.2) is 4.99 Å². The molecule has 3 rings (SSSR count). The summed E-state index contributed by atoms with van der Waals surface area (Å²) in [6.07, 6.45) is 4.08. The summed E-state index contributed by atoms with van der Waals surface area (Å²) >= 11 is 1.42. The van der Waals surface area contributed by atoms with Crippen LogP contribution in [0.25, 0.3) is 6.08 Å². The summed E-state index contributed by atoms with van der Waals surface area (Å²) in [5.74, 6) is 0.859. The second-order valence-corrected chi connectivity index (χ2v) is 7.17. The van der Waals surface area contributed by atoms with E-state index >= 15 is 0 Å². The number of aliphatic imine (C=N–C) groups is 1. The van der Waals surface area contributed by atoms with Crippen LogP contribution in [-0.4, -0.2) is 29.1 Å². The smallest absolute Gasteiger partial charge is 0.266 e. The first-order valence-electron chi connectivity index (χ1n) is 9.29. The van der Waals surface area contributed by atoms with Gasteiger partial charge < -0.3 is 4.74 Å². The van der Waals surface area contributed by atoms with Crippen LogP contribution in [0.4, 0.5) is 5.69 Å². The van der Waals surface area contributed by atoms with Crippen molar-refractivity contribution in [2.75, 3.05) is 13.2 Å². The van der Waals surface area contributed by atoms with Crippen LogP contribution in [0.15, 0.2) is 64.5 Å². The van der Waals surface area contributed by atoms with Gasteiger partial charge in [0.1, 0.15) is 5.75 Å². The predicted molar refractivity (Wildman–Crippen MR) is 113 cm³/mol. The Labute approximate surface area is 164 Å². The number of thioether (sulfide) groups is 1. The van der Waals surface area contributed by atoms with Gasteiger partial charge in [0.25, 0.3) is 5.91 Å². The minimum absolute atomic E-state index is 0.000420. The zero-order chi connectivity index (χ0) is 19.1. The van der Waals surface area contributed by atoms with Gasteiger partial charge in [0, 0.05) is 6.54 Å². The zero-order valence-electron chi connectivity index (χ0n) is 15.7. The third-order valence-electron chi connectivity index (χ3n) is 4.13. The van der Waals surface area contributed by atoms with E-state index in [-0.39, 0.29) is 5.91 Å². The van der Waals surface area contributed by atoms with E-state index in [0.717, 1.165) is 41.6 Å². The van der Waals surface area contributed by atoms with E-state index in [2.05, 4.69) is 11.9 Å². The summed E-state index contributed by atoms with van der Waals surface area (Å²) in [4.78, 5) is 19.7. The fourth-order valence-electron chi connectivity index (χ4n) is 2.63. The van der Waals surface area contributed by atoms with Crippen LogP contribution >= 0.6 is 11.8 Å². The second kappa shape index (κ2) is 9.42. The maximum absolute atomic E-state index is 12.7. The second-order valence-electron chi connectivity index (χ2n) is 6.16. The lowest BCUT2D eigenvalue weighted by Gasteiger charge is -2.11. The summed E-state index contributed by atoms with van der Waals surface area (Å²) in [5, 5.41) is 0.722. The molecule has 1 amide bonds. The largest absolute Gasteiger partial charge is 0.494 e. The third kappa shape index (κ3) is 5.01. The number of rotatable bonds is 7. The number of likely N-dealkylation sites (N-methyl/N-ethyl adjacent to an activating group) is 1. The number of benzene rings is 2. The van der Waals surface area contributed by atoms with E-state index < -0.39 is 0 Å². The van der Waals surface area contributed by atoms with Crippen LogP contribution in [0.2, 0.25) is 0 Å². The normalized spacial score (nSPS) is 17.1. The number of hydrogen-bond acceptors (Lipinski definition) is 4. The molecule has 27 heavy (non-hydrogen) atoms. The summed E-state index contributed by atoms with van der Waals surface area (Å²) in [6, 6.07) is 17.6. The molecule has 1 aliphatic rings. The Hall–Kier alpha value is -2.53. The number of carbonyl (C=O) groups is 1. The van der Waals surface area contributed by atoms with Crippen LogP contribution < -0.4 is 4.74 Å². The third-order valence-corrected chi connectivity index (χ3v) is 5.14. The van der Waals surface area contributed by atoms with E-state index in [9.17, 15) is 4.79 Å². The minimum atomic E-state index is 0.000420. The van der Waals surface area contributed by atoms with Gasteiger partial charge in [-0.05, 0) is 61.0 Å². The molecule has 0 atom stereocenters. The molecule has 1 saturated heterocycles. The Kier molecular flexibility index (Phi) is 6.71. The molecule has 140 valence electrons. The van der Waals surface area contributed by atoms with Crippen molar-refractivity contribution in [2.24, 2.45) is 4.99 Å². The van der Waals surface area contributed by atoms with Crippen molar-refractivity contribution in [1.29, 1.82) is 0 Å². The lowest BCUT2D eigenvalue weighted by Crippen LogP contribution is -2.28. The highest BCUT2D eigenvalue weighted by Gasteiger charge is 2.32.